The molecule has 0 fully saturated rings. The molecule has 0 saturated carbocycles. The molecule has 0 radical (unpaired) electrons. The first-order valence-corrected chi connectivity index (χ1v) is 7.87. The summed E-state index contributed by atoms with van der Waals surface area (Å²) in [6, 6.07) is 7.64. The fourth-order valence-electron chi connectivity index (χ4n) is 3.11. The lowest BCUT2D eigenvalue weighted by atomic mass is 9.91. The largest absolute Gasteiger partial charge is 0.504 e. The molecular weight excluding hydrogens is 308 g/mol. The Kier molecular flexibility index (Phi) is 4.36. The van der Waals surface area contributed by atoms with Crippen molar-refractivity contribution in [2.75, 3.05) is 0 Å². The maximum absolute atomic E-state index is 10.1. The van der Waals surface area contributed by atoms with E-state index in [0.29, 0.717) is 24.8 Å². The Morgan fingerprint density at radius 3 is 2.33 bits per heavy atom. The van der Waals surface area contributed by atoms with Gasteiger partial charge in [0.2, 0.25) is 0 Å². The Labute approximate surface area is 139 Å². The highest BCUT2D eigenvalue weighted by molar-refractivity contribution is 5.57. The summed E-state index contributed by atoms with van der Waals surface area (Å²) in [6.07, 6.45) is 4.98. The van der Waals surface area contributed by atoms with E-state index in [0.717, 1.165) is 11.1 Å². The number of aliphatic hydroxyl groups excluding tert-OH is 1. The molecule has 0 amide bonds. The molecule has 0 heterocycles. The van der Waals surface area contributed by atoms with Crippen LogP contribution in [0.1, 0.15) is 35.4 Å². The van der Waals surface area contributed by atoms with Gasteiger partial charge in [-0.1, -0.05) is 18.2 Å². The highest BCUT2D eigenvalue weighted by atomic mass is 16.3. The summed E-state index contributed by atoms with van der Waals surface area (Å²) in [6.45, 7) is 0. The van der Waals surface area contributed by atoms with E-state index >= 15 is 0 Å². The van der Waals surface area contributed by atoms with Crippen LogP contribution in [-0.2, 0) is 6.42 Å². The molecule has 5 N–H and O–H groups in total. The maximum Gasteiger partial charge on any atom is 0.157 e. The summed E-state index contributed by atoms with van der Waals surface area (Å²) in [5.74, 6) is -0.828. The molecule has 24 heavy (non-hydrogen) atoms. The minimum absolute atomic E-state index is 0.125. The fraction of sp³-hybridized carbons (Fsp3) is 0.263. The van der Waals surface area contributed by atoms with Crippen molar-refractivity contribution in [1.82, 2.24) is 0 Å². The van der Waals surface area contributed by atoms with Crippen molar-refractivity contribution >= 4 is 6.08 Å². The monoisotopic (exact) mass is 328 g/mol. The second-order valence-corrected chi connectivity index (χ2v) is 6.18. The molecule has 126 valence electrons. The van der Waals surface area contributed by atoms with E-state index < -0.39 is 6.10 Å². The second kappa shape index (κ2) is 6.45. The van der Waals surface area contributed by atoms with Gasteiger partial charge in [-0.2, -0.15) is 0 Å². The molecular formula is C19H20O5. The van der Waals surface area contributed by atoms with Gasteiger partial charge in [-0.3, -0.25) is 0 Å². The number of aliphatic hydroxyl groups is 1. The number of hydrogen-bond acceptors (Lipinski definition) is 5. The molecule has 0 bridgehead atoms. The van der Waals surface area contributed by atoms with Gasteiger partial charge in [0.1, 0.15) is 0 Å². The van der Waals surface area contributed by atoms with Crippen molar-refractivity contribution in [3.05, 3.63) is 53.1 Å². The van der Waals surface area contributed by atoms with Gasteiger partial charge in [-0.25, -0.2) is 0 Å². The first kappa shape index (κ1) is 16.2. The molecule has 5 nitrogen and oxygen atoms in total. The normalized spacial score (nSPS) is 20.7. The van der Waals surface area contributed by atoms with Gasteiger partial charge in [0, 0.05) is 5.92 Å². The van der Waals surface area contributed by atoms with Gasteiger partial charge in [0.05, 0.1) is 6.10 Å². The fourth-order valence-corrected chi connectivity index (χ4v) is 3.11. The quantitative estimate of drug-likeness (QED) is 0.431. The Morgan fingerprint density at radius 1 is 0.875 bits per heavy atom. The summed E-state index contributed by atoms with van der Waals surface area (Å²) in [4.78, 5) is 0. The summed E-state index contributed by atoms with van der Waals surface area (Å²) in [7, 11) is 0. The minimum atomic E-state index is -0.468. The van der Waals surface area contributed by atoms with Crippen LogP contribution >= 0.6 is 0 Å². The first-order valence-electron chi connectivity index (χ1n) is 7.87. The number of allylic oxidation sites excluding steroid dienone is 1. The Balaban J connectivity index is 1.95. The summed E-state index contributed by atoms with van der Waals surface area (Å²) in [5, 5.41) is 48.5. The molecule has 2 unspecified atom stereocenters. The number of phenolic OH excluding ortho intramolecular Hbond substituents is 4. The molecule has 0 spiro atoms. The van der Waals surface area contributed by atoms with Crippen LogP contribution in [0.25, 0.3) is 6.08 Å². The second-order valence-electron chi connectivity index (χ2n) is 6.18. The molecule has 1 aliphatic carbocycles. The number of fused-ring (bicyclic) bond motifs is 1. The van der Waals surface area contributed by atoms with Crippen LogP contribution in [-0.4, -0.2) is 31.6 Å². The summed E-state index contributed by atoms with van der Waals surface area (Å²) < 4.78 is 0. The lowest BCUT2D eigenvalue weighted by Crippen LogP contribution is -2.08. The number of aryl methyl sites for hydroxylation is 1. The number of benzene rings is 2. The average molecular weight is 328 g/mol. The van der Waals surface area contributed by atoms with Crippen LogP contribution in [0.3, 0.4) is 0 Å². The van der Waals surface area contributed by atoms with Crippen LogP contribution in [0.15, 0.2) is 36.4 Å². The van der Waals surface area contributed by atoms with Gasteiger partial charge in [0.15, 0.2) is 23.0 Å². The van der Waals surface area contributed by atoms with Crippen molar-refractivity contribution in [2.24, 2.45) is 0 Å². The van der Waals surface area contributed by atoms with E-state index in [1.165, 1.54) is 12.1 Å². The number of hydrogen-bond donors (Lipinski definition) is 5. The molecule has 3 rings (SSSR count). The highest BCUT2D eigenvalue weighted by Crippen LogP contribution is 2.38. The van der Waals surface area contributed by atoms with Crippen LogP contribution in [0.2, 0.25) is 0 Å². The maximum atomic E-state index is 10.1. The standard InChI is InChI=1S/C19H20O5/c20-14-5-4-13-9-18(23)19(24)10-15(13)12(8-14)3-1-11-2-6-16(21)17(22)7-11/h1-3,6-7,9-10,12,14,20-24H,4-5,8H2/b3-1+. The van der Waals surface area contributed by atoms with E-state index in [1.807, 2.05) is 6.08 Å². The van der Waals surface area contributed by atoms with Gasteiger partial charge in [-0.05, 0) is 60.2 Å². The lowest BCUT2D eigenvalue weighted by molar-refractivity contribution is 0.154. The zero-order valence-electron chi connectivity index (χ0n) is 13.1. The van der Waals surface area contributed by atoms with Crippen LogP contribution in [0.5, 0.6) is 23.0 Å². The first-order chi connectivity index (χ1) is 11.4. The summed E-state index contributed by atoms with van der Waals surface area (Å²) >= 11 is 0. The Hall–Kier alpha value is -2.66. The van der Waals surface area contributed by atoms with E-state index in [4.69, 9.17) is 0 Å². The molecule has 2 aromatic carbocycles. The third-order valence-corrected chi connectivity index (χ3v) is 4.43. The molecule has 0 aromatic heterocycles. The van der Waals surface area contributed by atoms with Crippen LogP contribution < -0.4 is 0 Å². The van der Waals surface area contributed by atoms with Crippen molar-refractivity contribution in [1.29, 1.82) is 0 Å². The SMILES string of the molecule is Oc1ccc(/C=C/C2CC(O)CCc3cc(O)c(O)cc32)cc1O. The summed E-state index contributed by atoms with van der Waals surface area (Å²) in [5.41, 5.74) is 2.50. The van der Waals surface area contributed by atoms with Crippen LogP contribution in [0, 0.1) is 0 Å². The van der Waals surface area contributed by atoms with Gasteiger partial charge in [0.25, 0.3) is 0 Å². The number of phenols is 4. The smallest absolute Gasteiger partial charge is 0.157 e. The topological polar surface area (TPSA) is 101 Å². The third kappa shape index (κ3) is 3.31. The van der Waals surface area contributed by atoms with E-state index in [1.54, 1.807) is 24.3 Å². The third-order valence-electron chi connectivity index (χ3n) is 4.43. The molecule has 2 atom stereocenters. The average Bonchev–Trinajstić information content (AvgIpc) is 2.69. The predicted molar refractivity (Wildman–Crippen MR) is 90.3 cm³/mol. The number of aromatic hydroxyl groups is 4. The minimum Gasteiger partial charge on any atom is -0.504 e. The van der Waals surface area contributed by atoms with Crippen LogP contribution in [0.4, 0.5) is 0 Å². The molecule has 5 heteroatoms. The highest BCUT2D eigenvalue weighted by Gasteiger charge is 2.23. The predicted octanol–water partition coefficient (Wildman–Crippen LogP) is 3.00. The van der Waals surface area contributed by atoms with Crippen molar-refractivity contribution in [3.8, 4) is 23.0 Å². The van der Waals surface area contributed by atoms with Gasteiger partial charge < -0.3 is 25.5 Å². The zero-order valence-corrected chi connectivity index (χ0v) is 13.1. The van der Waals surface area contributed by atoms with E-state index in [2.05, 4.69) is 0 Å². The lowest BCUT2D eigenvalue weighted by Gasteiger charge is -2.16. The zero-order chi connectivity index (χ0) is 17.3. The molecule has 1 aliphatic rings. The Morgan fingerprint density at radius 2 is 1.58 bits per heavy atom. The van der Waals surface area contributed by atoms with E-state index in [-0.39, 0.29) is 28.9 Å². The molecule has 0 aliphatic heterocycles. The van der Waals surface area contributed by atoms with Gasteiger partial charge in [-0.15, -0.1) is 0 Å². The van der Waals surface area contributed by atoms with Crippen molar-refractivity contribution in [2.45, 2.75) is 31.3 Å². The van der Waals surface area contributed by atoms with Gasteiger partial charge >= 0.3 is 0 Å². The number of rotatable bonds is 2. The molecule has 2 aromatic rings. The van der Waals surface area contributed by atoms with Crippen molar-refractivity contribution < 1.29 is 25.5 Å². The molecule has 0 saturated heterocycles. The van der Waals surface area contributed by atoms with Crippen molar-refractivity contribution in [3.63, 3.8) is 0 Å². The Bertz CT molecular complexity index is 782. The van der Waals surface area contributed by atoms with E-state index in [9.17, 15) is 25.5 Å².